The lowest BCUT2D eigenvalue weighted by Gasteiger charge is -2.26. The Labute approximate surface area is 199 Å². The van der Waals surface area contributed by atoms with Crippen LogP contribution in [0.2, 0.25) is 0 Å². The van der Waals surface area contributed by atoms with E-state index >= 15 is 0 Å². The summed E-state index contributed by atoms with van der Waals surface area (Å²) in [4.78, 5) is 12.8. The first-order valence-electron chi connectivity index (χ1n) is 11.0. The Kier molecular flexibility index (Phi) is 7.01. The Hall–Kier alpha value is -3.21. The predicted molar refractivity (Wildman–Crippen MR) is 128 cm³/mol. The van der Waals surface area contributed by atoms with Gasteiger partial charge < -0.3 is 14.8 Å². The first-order chi connectivity index (χ1) is 16.3. The summed E-state index contributed by atoms with van der Waals surface area (Å²) in [5.74, 6) is 0.495. The molecule has 9 nitrogen and oxygen atoms in total. The fraction of sp³-hybridized carbons (Fsp3) is 0.333. The molecule has 34 heavy (non-hydrogen) atoms. The van der Waals surface area contributed by atoms with Crippen LogP contribution >= 0.6 is 0 Å². The molecule has 1 saturated heterocycles. The highest BCUT2D eigenvalue weighted by molar-refractivity contribution is 7.89. The summed E-state index contributed by atoms with van der Waals surface area (Å²) in [7, 11) is -2.05. The van der Waals surface area contributed by atoms with Crippen molar-refractivity contribution in [1.82, 2.24) is 14.1 Å². The number of rotatable bonds is 7. The third kappa shape index (κ3) is 4.98. The van der Waals surface area contributed by atoms with Crippen LogP contribution < -0.4 is 10.1 Å². The van der Waals surface area contributed by atoms with E-state index in [1.165, 1.54) is 4.31 Å². The minimum atomic E-state index is -3.64. The summed E-state index contributed by atoms with van der Waals surface area (Å²) in [5.41, 5.74) is 3.15. The largest absolute Gasteiger partial charge is 0.497 e. The summed E-state index contributed by atoms with van der Waals surface area (Å²) in [6.07, 6.45) is 0. The number of nitrogens with zero attached hydrogens (tertiary/aromatic N) is 3. The Morgan fingerprint density at radius 2 is 1.71 bits per heavy atom. The summed E-state index contributed by atoms with van der Waals surface area (Å²) in [6.45, 7) is 5.34. The third-order valence-electron chi connectivity index (χ3n) is 5.78. The lowest BCUT2D eigenvalue weighted by molar-refractivity contribution is 0.0730. The molecule has 1 aromatic heterocycles. The topological polar surface area (TPSA) is 103 Å². The molecule has 0 bridgehead atoms. The van der Waals surface area contributed by atoms with Crippen molar-refractivity contribution < 1.29 is 22.7 Å². The Morgan fingerprint density at radius 3 is 2.32 bits per heavy atom. The highest BCUT2D eigenvalue weighted by atomic mass is 32.2. The molecule has 0 aliphatic carbocycles. The van der Waals surface area contributed by atoms with E-state index in [0.29, 0.717) is 61.2 Å². The molecular weight excluding hydrogens is 456 g/mol. The van der Waals surface area contributed by atoms with Gasteiger partial charge in [-0.15, -0.1) is 0 Å². The first kappa shape index (κ1) is 23.9. The van der Waals surface area contributed by atoms with Crippen LogP contribution in [0.15, 0.2) is 53.4 Å². The van der Waals surface area contributed by atoms with Crippen LogP contribution in [0.4, 0.5) is 5.69 Å². The number of ether oxygens (including phenoxy) is 2. The van der Waals surface area contributed by atoms with Gasteiger partial charge in [-0.25, -0.2) is 8.42 Å². The summed E-state index contributed by atoms with van der Waals surface area (Å²) in [6, 6.07) is 14.3. The number of methoxy groups -OCH3 is 1. The standard InChI is InChI=1S/C24H28N4O5S/c1-17-23(34(30,31)27-12-14-33-15-13-27)18(2)28(26-17)16-19-4-6-20(7-5-19)24(29)25-21-8-10-22(32-3)11-9-21/h4-11H,12-16H2,1-3H3,(H,25,29). The molecular formula is C24H28N4O5S. The Balaban J connectivity index is 1.47. The predicted octanol–water partition coefficient (Wildman–Crippen LogP) is 2.83. The third-order valence-corrected chi connectivity index (χ3v) is 7.93. The van der Waals surface area contributed by atoms with E-state index in [2.05, 4.69) is 10.4 Å². The number of hydrogen-bond acceptors (Lipinski definition) is 6. The molecule has 1 aliphatic heterocycles. The molecule has 1 fully saturated rings. The highest BCUT2D eigenvalue weighted by Gasteiger charge is 2.32. The van der Waals surface area contributed by atoms with Crippen molar-refractivity contribution in [3.05, 3.63) is 71.0 Å². The number of carbonyl (C=O) groups excluding carboxylic acids is 1. The van der Waals surface area contributed by atoms with E-state index in [0.717, 1.165) is 5.56 Å². The number of hydrogen-bond donors (Lipinski definition) is 1. The minimum Gasteiger partial charge on any atom is -0.497 e. The molecule has 180 valence electrons. The maximum absolute atomic E-state index is 13.2. The average Bonchev–Trinajstić information content (AvgIpc) is 3.13. The lowest BCUT2D eigenvalue weighted by Crippen LogP contribution is -2.41. The fourth-order valence-electron chi connectivity index (χ4n) is 3.94. The zero-order valence-electron chi connectivity index (χ0n) is 19.4. The van der Waals surface area contributed by atoms with Gasteiger partial charge in [0.05, 0.1) is 38.3 Å². The van der Waals surface area contributed by atoms with Gasteiger partial charge in [0, 0.05) is 24.3 Å². The van der Waals surface area contributed by atoms with Crippen molar-refractivity contribution in [2.24, 2.45) is 0 Å². The van der Waals surface area contributed by atoms with Gasteiger partial charge >= 0.3 is 0 Å². The number of anilines is 1. The van der Waals surface area contributed by atoms with Crippen LogP contribution in [0, 0.1) is 13.8 Å². The second-order valence-electron chi connectivity index (χ2n) is 8.05. The highest BCUT2D eigenvalue weighted by Crippen LogP contribution is 2.25. The summed E-state index contributed by atoms with van der Waals surface area (Å²) >= 11 is 0. The number of aromatic nitrogens is 2. The van der Waals surface area contributed by atoms with E-state index in [4.69, 9.17) is 9.47 Å². The summed E-state index contributed by atoms with van der Waals surface area (Å²) in [5, 5.41) is 7.34. The number of morpholine rings is 1. The molecule has 2 aromatic carbocycles. The maximum Gasteiger partial charge on any atom is 0.255 e. The van der Waals surface area contributed by atoms with E-state index < -0.39 is 10.0 Å². The van der Waals surface area contributed by atoms with Gasteiger partial charge in [-0.2, -0.15) is 9.40 Å². The zero-order valence-corrected chi connectivity index (χ0v) is 20.3. The zero-order chi connectivity index (χ0) is 24.3. The van der Waals surface area contributed by atoms with Crippen molar-refractivity contribution >= 4 is 21.6 Å². The molecule has 10 heteroatoms. The molecule has 4 rings (SSSR count). The molecule has 2 heterocycles. The van der Waals surface area contributed by atoms with Crippen LogP contribution in [0.25, 0.3) is 0 Å². The van der Waals surface area contributed by atoms with Crippen molar-refractivity contribution in [1.29, 1.82) is 0 Å². The average molecular weight is 485 g/mol. The molecule has 0 unspecified atom stereocenters. The molecule has 0 radical (unpaired) electrons. The van der Waals surface area contributed by atoms with Gasteiger partial charge in [-0.05, 0) is 55.8 Å². The molecule has 1 amide bonds. The van der Waals surface area contributed by atoms with Crippen molar-refractivity contribution in [3.63, 3.8) is 0 Å². The van der Waals surface area contributed by atoms with Gasteiger partial charge in [-0.3, -0.25) is 9.48 Å². The Morgan fingerprint density at radius 1 is 1.06 bits per heavy atom. The van der Waals surface area contributed by atoms with Crippen LogP contribution in [0.5, 0.6) is 5.75 Å². The van der Waals surface area contributed by atoms with Crippen LogP contribution in [0.3, 0.4) is 0 Å². The molecule has 1 aliphatic rings. The van der Waals surface area contributed by atoms with Gasteiger partial charge in [-0.1, -0.05) is 12.1 Å². The smallest absolute Gasteiger partial charge is 0.255 e. The van der Waals surface area contributed by atoms with Gasteiger partial charge in [0.2, 0.25) is 10.0 Å². The number of carbonyl (C=O) groups is 1. The van der Waals surface area contributed by atoms with Gasteiger partial charge in [0.25, 0.3) is 5.91 Å². The number of aryl methyl sites for hydroxylation is 1. The monoisotopic (exact) mass is 484 g/mol. The normalized spacial score (nSPS) is 14.7. The van der Waals surface area contributed by atoms with E-state index in [-0.39, 0.29) is 10.8 Å². The minimum absolute atomic E-state index is 0.221. The second-order valence-corrected chi connectivity index (χ2v) is 9.93. The summed E-state index contributed by atoms with van der Waals surface area (Å²) < 4.78 is 39.9. The molecule has 0 atom stereocenters. The van der Waals surface area contributed by atoms with E-state index in [9.17, 15) is 13.2 Å². The van der Waals surface area contributed by atoms with E-state index in [1.807, 2.05) is 12.1 Å². The van der Waals surface area contributed by atoms with Crippen LogP contribution in [0.1, 0.15) is 27.3 Å². The molecule has 0 saturated carbocycles. The maximum atomic E-state index is 13.2. The number of amides is 1. The second kappa shape index (κ2) is 9.96. The van der Waals surface area contributed by atoms with Crippen molar-refractivity contribution in [2.75, 3.05) is 38.7 Å². The number of nitrogens with one attached hydrogen (secondary N) is 1. The Bertz CT molecular complexity index is 1260. The molecule has 0 spiro atoms. The van der Waals surface area contributed by atoms with E-state index in [1.54, 1.807) is 62.0 Å². The number of sulfonamides is 1. The number of benzene rings is 2. The first-order valence-corrected chi connectivity index (χ1v) is 12.4. The lowest BCUT2D eigenvalue weighted by atomic mass is 10.1. The van der Waals surface area contributed by atoms with Crippen molar-refractivity contribution in [3.8, 4) is 5.75 Å². The fourth-order valence-corrected chi connectivity index (χ4v) is 5.72. The molecule has 3 aromatic rings. The van der Waals surface area contributed by atoms with Gasteiger partial charge in [0.1, 0.15) is 10.6 Å². The van der Waals surface area contributed by atoms with Gasteiger partial charge in [0.15, 0.2) is 0 Å². The van der Waals surface area contributed by atoms with Crippen LogP contribution in [-0.2, 0) is 21.3 Å². The quantitative estimate of drug-likeness (QED) is 0.553. The van der Waals surface area contributed by atoms with Crippen molar-refractivity contribution in [2.45, 2.75) is 25.3 Å². The molecule has 1 N–H and O–H groups in total. The van der Waals surface area contributed by atoms with Crippen LogP contribution in [-0.4, -0.2) is 61.8 Å². The SMILES string of the molecule is COc1ccc(NC(=O)c2ccc(Cn3nc(C)c(S(=O)(=O)N4CCOCC4)c3C)cc2)cc1.